The molecule has 1 aliphatic carbocycles. The van der Waals surface area contributed by atoms with Gasteiger partial charge < -0.3 is 10.2 Å². The highest BCUT2D eigenvalue weighted by molar-refractivity contribution is 5.61. The third-order valence-corrected chi connectivity index (χ3v) is 6.40. The van der Waals surface area contributed by atoms with Crippen LogP contribution < -0.4 is 5.32 Å². The molecule has 0 amide bonds. The molecular weight excluding hydrogens is 336 g/mol. The lowest BCUT2D eigenvalue weighted by Crippen LogP contribution is -2.29. The summed E-state index contributed by atoms with van der Waals surface area (Å²) >= 11 is 0. The molecule has 6 nitrogen and oxygen atoms in total. The van der Waals surface area contributed by atoms with Gasteiger partial charge in [-0.05, 0) is 49.7 Å². The number of aryl methyl sites for hydroxylation is 2. The maximum absolute atomic E-state index is 4.42. The predicted octanol–water partition coefficient (Wildman–Crippen LogP) is 3.35. The van der Waals surface area contributed by atoms with Gasteiger partial charge in [0.2, 0.25) is 0 Å². The van der Waals surface area contributed by atoms with Gasteiger partial charge in [-0.2, -0.15) is 5.10 Å². The van der Waals surface area contributed by atoms with Crippen LogP contribution >= 0.6 is 0 Å². The van der Waals surface area contributed by atoms with Crippen molar-refractivity contribution in [2.45, 2.75) is 46.1 Å². The molecule has 146 valence electrons. The van der Waals surface area contributed by atoms with Crippen LogP contribution in [-0.2, 0) is 7.05 Å². The summed E-state index contributed by atoms with van der Waals surface area (Å²) in [7, 11) is 1.93. The van der Waals surface area contributed by atoms with E-state index in [1.165, 1.54) is 38.9 Å². The largest absolute Gasteiger partial charge is 0.366 e. The fourth-order valence-electron chi connectivity index (χ4n) is 4.85. The molecule has 1 N–H and O–H groups in total. The molecule has 2 aromatic heterocycles. The van der Waals surface area contributed by atoms with Gasteiger partial charge in [0, 0.05) is 44.5 Å². The van der Waals surface area contributed by atoms with E-state index in [1.807, 2.05) is 30.9 Å². The van der Waals surface area contributed by atoms with E-state index in [9.17, 15) is 0 Å². The number of hydrogen-bond donors (Lipinski definition) is 1. The molecule has 3 heterocycles. The summed E-state index contributed by atoms with van der Waals surface area (Å²) < 4.78 is 1.82. The fraction of sp³-hybridized carbons (Fsp3) is 0.667. The third-order valence-electron chi connectivity index (χ3n) is 6.40. The van der Waals surface area contributed by atoms with Crippen LogP contribution in [0.3, 0.4) is 0 Å². The molecule has 4 rings (SSSR count). The van der Waals surface area contributed by atoms with Crippen LogP contribution in [0.4, 0.5) is 5.82 Å². The quantitative estimate of drug-likeness (QED) is 0.847. The van der Waals surface area contributed by atoms with Gasteiger partial charge >= 0.3 is 0 Å². The van der Waals surface area contributed by atoms with Crippen molar-refractivity contribution >= 4 is 5.82 Å². The Morgan fingerprint density at radius 1 is 1.19 bits per heavy atom. The van der Waals surface area contributed by atoms with E-state index in [2.05, 4.69) is 45.4 Å². The van der Waals surface area contributed by atoms with E-state index in [1.54, 1.807) is 0 Å². The average Bonchev–Trinajstić information content (AvgIpc) is 3.28. The highest BCUT2D eigenvalue weighted by atomic mass is 15.3. The molecule has 1 saturated carbocycles. The second-order valence-corrected chi connectivity index (χ2v) is 8.67. The van der Waals surface area contributed by atoms with Gasteiger partial charge in [-0.15, -0.1) is 10.2 Å². The number of nitrogens with zero attached hydrogens (tertiary/aromatic N) is 5. The van der Waals surface area contributed by atoms with Crippen LogP contribution in [0.5, 0.6) is 0 Å². The first kappa shape index (κ1) is 18.4. The Hall–Kier alpha value is -1.95. The second kappa shape index (κ2) is 7.58. The van der Waals surface area contributed by atoms with Gasteiger partial charge in [0.1, 0.15) is 5.82 Å². The van der Waals surface area contributed by atoms with Crippen molar-refractivity contribution in [1.29, 1.82) is 0 Å². The summed E-state index contributed by atoms with van der Waals surface area (Å²) in [6.45, 7) is 10.5. The number of aromatic nitrogens is 4. The molecular formula is C21H32N6. The molecule has 1 saturated heterocycles. The van der Waals surface area contributed by atoms with Gasteiger partial charge in [-0.3, -0.25) is 4.68 Å². The highest BCUT2D eigenvalue weighted by Crippen LogP contribution is 2.39. The minimum Gasteiger partial charge on any atom is -0.366 e. The van der Waals surface area contributed by atoms with Crippen LogP contribution in [0.1, 0.15) is 38.8 Å². The van der Waals surface area contributed by atoms with Crippen LogP contribution in [-0.4, -0.2) is 50.6 Å². The predicted molar refractivity (Wildman–Crippen MR) is 108 cm³/mol. The zero-order valence-corrected chi connectivity index (χ0v) is 17.0. The molecule has 0 aromatic carbocycles. The molecule has 1 aliphatic heterocycles. The zero-order chi connectivity index (χ0) is 19.0. The first-order valence-electron chi connectivity index (χ1n) is 10.3. The molecule has 27 heavy (non-hydrogen) atoms. The normalized spacial score (nSPS) is 26.3. The second-order valence-electron chi connectivity index (χ2n) is 8.67. The monoisotopic (exact) mass is 368 g/mol. The van der Waals surface area contributed by atoms with Crippen molar-refractivity contribution in [1.82, 2.24) is 24.9 Å². The van der Waals surface area contributed by atoms with Crippen LogP contribution in [0, 0.1) is 24.7 Å². The molecule has 1 unspecified atom stereocenters. The summed E-state index contributed by atoms with van der Waals surface area (Å²) in [6, 6.07) is 4.63. The van der Waals surface area contributed by atoms with Crippen molar-refractivity contribution in [2.24, 2.45) is 24.8 Å². The highest BCUT2D eigenvalue weighted by Gasteiger charge is 2.40. The maximum Gasteiger partial charge on any atom is 0.148 e. The molecule has 6 heteroatoms. The summed E-state index contributed by atoms with van der Waals surface area (Å²) in [5.74, 6) is 3.39. The Bertz CT molecular complexity index is 753. The molecule has 0 spiro atoms. The van der Waals surface area contributed by atoms with E-state index >= 15 is 0 Å². The Balaban J connectivity index is 1.32. The molecule has 4 atom stereocenters. The summed E-state index contributed by atoms with van der Waals surface area (Å²) in [6.07, 6.45) is 5.79. The Morgan fingerprint density at radius 2 is 1.93 bits per heavy atom. The number of likely N-dealkylation sites (tertiary alicyclic amines) is 1. The van der Waals surface area contributed by atoms with Gasteiger partial charge in [-0.1, -0.05) is 20.3 Å². The SMILES string of the molecule is CCC(C)CN1C[C@H]2C[C@H](Nc3ccc(-c4cn(C)nc4C)nn3)C[C@H]2C1. The smallest absolute Gasteiger partial charge is 0.148 e. The van der Waals surface area contributed by atoms with Crippen molar-refractivity contribution in [3.63, 3.8) is 0 Å². The van der Waals surface area contributed by atoms with E-state index < -0.39 is 0 Å². The fourth-order valence-corrected chi connectivity index (χ4v) is 4.85. The van der Waals surface area contributed by atoms with E-state index in [-0.39, 0.29) is 0 Å². The van der Waals surface area contributed by atoms with Gasteiger partial charge in [-0.25, -0.2) is 0 Å². The first-order valence-corrected chi connectivity index (χ1v) is 10.3. The molecule has 2 fully saturated rings. The number of rotatable bonds is 6. The standard InChI is InChI=1S/C21H32N6/c1-5-14(2)10-27-11-16-8-18(9-17(16)12-27)22-21-7-6-20(23-24-21)19-13-26(4)25-15(19)3/h6-7,13-14,16-18H,5,8-12H2,1-4H3,(H,22,24)/t14?,16-,17+,18+. The van der Waals surface area contributed by atoms with Crippen molar-refractivity contribution in [3.8, 4) is 11.3 Å². The summed E-state index contributed by atoms with van der Waals surface area (Å²) in [5.41, 5.74) is 2.92. The van der Waals surface area contributed by atoms with Crippen LogP contribution in [0.15, 0.2) is 18.3 Å². The van der Waals surface area contributed by atoms with Crippen molar-refractivity contribution in [2.75, 3.05) is 25.0 Å². The first-order chi connectivity index (χ1) is 13.0. The molecule has 2 aliphatic rings. The lowest BCUT2D eigenvalue weighted by atomic mass is 10.0. The Morgan fingerprint density at radius 3 is 2.48 bits per heavy atom. The van der Waals surface area contributed by atoms with Gasteiger partial charge in [0.25, 0.3) is 0 Å². The summed E-state index contributed by atoms with van der Waals surface area (Å²) in [5, 5.41) is 16.8. The number of nitrogens with one attached hydrogen (secondary N) is 1. The molecule has 2 aromatic rings. The average molecular weight is 369 g/mol. The minimum absolute atomic E-state index is 0.533. The van der Waals surface area contributed by atoms with Crippen LogP contribution in [0.2, 0.25) is 0 Å². The molecule has 0 radical (unpaired) electrons. The van der Waals surface area contributed by atoms with E-state index in [0.717, 1.165) is 40.5 Å². The lowest BCUT2D eigenvalue weighted by Gasteiger charge is -2.22. The topological polar surface area (TPSA) is 58.9 Å². The van der Waals surface area contributed by atoms with Crippen molar-refractivity contribution < 1.29 is 0 Å². The van der Waals surface area contributed by atoms with E-state index in [4.69, 9.17) is 0 Å². The van der Waals surface area contributed by atoms with Gasteiger partial charge in [0.05, 0.1) is 11.4 Å². The van der Waals surface area contributed by atoms with Crippen LogP contribution in [0.25, 0.3) is 11.3 Å². The maximum atomic E-state index is 4.42. The van der Waals surface area contributed by atoms with E-state index in [0.29, 0.717) is 6.04 Å². The number of hydrogen-bond acceptors (Lipinski definition) is 5. The van der Waals surface area contributed by atoms with Crippen molar-refractivity contribution in [3.05, 3.63) is 24.0 Å². The Labute approximate surface area is 162 Å². The third kappa shape index (κ3) is 4.00. The van der Waals surface area contributed by atoms with Gasteiger partial charge in [0.15, 0.2) is 0 Å². The molecule has 0 bridgehead atoms. The summed E-state index contributed by atoms with van der Waals surface area (Å²) in [4.78, 5) is 2.69. The number of anilines is 1. The number of fused-ring (bicyclic) bond motifs is 1. The minimum atomic E-state index is 0.533. The zero-order valence-electron chi connectivity index (χ0n) is 17.0. The lowest BCUT2D eigenvalue weighted by molar-refractivity contribution is 0.263. The Kier molecular flexibility index (Phi) is 5.17.